The van der Waals surface area contributed by atoms with Crippen LogP contribution < -0.4 is 5.38 Å². The van der Waals surface area contributed by atoms with Gasteiger partial charge in [0.25, 0.3) is 0 Å². The average molecular weight is 344 g/mol. The number of rotatable bonds is 4. The molecular formula is C16H20N4O3Si. The zero-order valence-corrected chi connectivity index (χ0v) is 15.5. The molecule has 126 valence electrons. The molecule has 0 bridgehead atoms. The molecule has 3 heterocycles. The van der Waals surface area contributed by atoms with Crippen molar-refractivity contribution in [2.45, 2.75) is 33.5 Å². The normalized spacial score (nSPS) is 11.9. The molecule has 0 aliphatic heterocycles. The van der Waals surface area contributed by atoms with Crippen LogP contribution in [-0.4, -0.2) is 40.4 Å². The Morgan fingerprint density at radius 1 is 1.29 bits per heavy atom. The van der Waals surface area contributed by atoms with Crippen LogP contribution in [0.4, 0.5) is 0 Å². The molecule has 0 atom stereocenters. The van der Waals surface area contributed by atoms with E-state index in [9.17, 15) is 4.79 Å². The maximum Gasteiger partial charge on any atom is 0.358 e. The van der Waals surface area contributed by atoms with E-state index >= 15 is 0 Å². The average Bonchev–Trinajstić information content (AvgIpc) is 3.14. The van der Waals surface area contributed by atoms with E-state index in [-0.39, 0.29) is 0 Å². The number of imidazole rings is 1. The molecule has 3 rings (SSSR count). The molecule has 0 N–H and O–H groups in total. The Hall–Kier alpha value is -2.48. The lowest BCUT2D eigenvalue weighted by Crippen LogP contribution is -2.36. The monoisotopic (exact) mass is 344 g/mol. The lowest BCUT2D eigenvalue weighted by atomic mass is 10.2. The molecule has 0 saturated heterocycles. The Labute approximate surface area is 140 Å². The van der Waals surface area contributed by atoms with Gasteiger partial charge < -0.3 is 9.26 Å². The van der Waals surface area contributed by atoms with Gasteiger partial charge in [-0.1, -0.05) is 24.8 Å². The maximum absolute atomic E-state index is 12.1. The van der Waals surface area contributed by atoms with Crippen molar-refractivity contribution in [1.82, 2.24) is 19.8 Å². The van der Waals surface area contributed by atoms with Gasteiger partial charge in [-0.15, -0.1) is 0 Å². The topological polar surface area (TPSA) is 82.5 Å². The fourth-order valence-corrected chi connectivity index (χ4v) is 3.23. The van der Waals surface area contributed by atoms with Gasteiger partial charge in [-0.3, -0.25) is 0 Å². The third-order valence-electron chi connectivity index (χ3n) is 3.65. The molecule has 0 aliphatic carbocycles. The minimum atomic E-state index is -1.59. The SMILES string of the molecule is CCOC(=O)c1cnc2c(C)cc(-c3cc([Si](C)(C)C)on3)nn12. The summed E-state index contributed by atoms with van der Waals surface area (Å²) in [4.78, 5) is 16.3. The van der Waals surface area contributed by atoms with Crippen LogP contribution in [-0.2, 0) is 4.74 Å². The fourth-order valence-electron chi connectivity index (χ4n) is 2.34. The lowest BCUT2D eigenvalue weighted by Gasteiger charge is -2.08. The number of aryl methyl sites for hydroxylation is 1. The van der Waals surface area contributed by atoms with Crippen LogP contribution in [0.2, 0.25) is 19.6 Å². The smallest absolute Gasteiger partial charge is 0.358 e. The van der Waals surface area contributed by atoms with Crippen LogP contribution in [0.1, 0.15) is 23.0 Å². The van der Waals surface area contributed by atoms with Crippen molar-refractivity contribution in [3.05, 3.63) is 29.6 Å². The third kappa shape index (κ3) is 2.84. The summed E-state index contributed by atoms with van der Waals surface area (Å²) in [6, 6.07) is 3.82. The van der Waals surface area contributed by atoms with Crippen LogP contribution in [0.25, 0.3) is 17.0 Å². The van der Waals surface area contributed by atoms with Gasteiger partial charge in [0.15, 0.2) is 11.3 Å². The van der Waals surface area contributed by atoms with Crippen LogP contribution >= 0.6 is 0 Å². The van der Waals surface area contributed by atoms with Crippen molar-refractivity contribution >= 4 is 25.1 Å². The zero-order chi connectivity index (χ0) is 17.5. The van der Waals surface area contributed by atoms with E-state index < -0.39 is 14.0 Å². The van der Waals surface area contributed by atoms with E-state index in [1.807, 2.05) is 19.1 Å². The first-order valence-corrected chi connectivity index (χ1v) is 11.3. The summed E-state index contributed by atoms with van der Waals surface area (Å²) < 4.78 is 12.1. The Morgan fingerprint density at radius 2 is 2.04 bits per heavy atom. The second-order valence-electron chi connectivity index (χ2n) is 6.64. The Balaban J connectivity index is 2.11. The molecule has 7 nitrogen and oxygen atoms in total. The number of esters is 1. The van der Waals surface area contributed by atoms with Gasteiger partial charge in [0.2, 0.25) is 0 Å². The second-order valence-corrected chi connectivity index (χ2v) is 11.6. The van der Waals surface area contributed by atoms with Crippen molar-refractivity contribution in [2.75, 3.05) is 6.61 Å². The van der Waals surface area contributed by atoms with Crippen LogP contribution in [0, 0.1) is 6.92 Å². The fraction of sp³-hybridized carbons (Fsp3) is 0.375. The molecule has 0 fully saturated rings. The first-order chi connectivity index (χ1) is 11.3. The summed E-state index contributed by atoms with van der Waals surface area (Å²) in [5.74, 6) is -0.447. The molecule has 24 heavy (non-hydrogen) atoms. The van der Waals surface area contributed by atoms with E-state index in [1.54, 1.807) is 6.92 Å². The number of aromatic nitrogens is 4. The van der Waals surface area contributed by atoms with E-state index in [2.05, 4.69) is 34.9 Å². The molecule has 0 radical (unpaired) electrons. The van der Waals surface area contributed by atoms with Crippen LogP contribution in [0.5, 0.6) is 0 Å². The van der Waals surface area contributed by atoms with Gasteiger partial charge in [0.05, 0.1) is 12.8 Å². The minimum absolute atomic E-state index is 0.297. The molecule has 0 aliphatic rings. The number of hydrogen-bond acceptors (Lipinski definition) is 6. The van der Waals surface area contributed by atoms with Crippen LogP contribution in [0.15, 0.2) is 22.9 Å². The summed E-state index contributed by atoms with van der Waals surface area (Å²) in [7, 11) is -1.59. The van der Waals surface area contributed by atoms with Gasteiger partial charge >= 0.3 is 5.97 Å². The Bertz CT molecular complexity index is 908. The zero-order valence-electron chi connectivity index (χ0n) is 14.5. The number of carbonyl (C=O) groups is 1. The molecule has 0 amide bonds. The summed E-state index contributed by atoms with van der Waals surface area (Å²) in [5.41, 5.74) is 3.10. The van der Waals surface area contributed by atoms with E-state index in [1.165, 1.54) is 10.7 Å². The Kier molecular flexibility index (Phi) is 4.00. The number of ether oxygens (including phenoxy) is 1. The highest BCUT2D eigenvalue weighted by atomic mass is 28.3. The Morgan fingerprint density at radius 3 is 2.67 bits per heavy atom. The van der Waals surface area contributed by atoms with Gasteiger partial charge in [-0.05, 0) is 25.5 Å². The highest BCUT2D eigenvalue weighted by Gasteiger charge is 2.24. The van der Waals surface area contributed by atoms with Gasteiger partial charge in [0, 0.05) is 6.07 Å². The van der Waals surface area contributed by atoms with E-state index in [4.69, 9.17) is 9.26 Å². The minimum Gasteiger partial charge on any atom is -0.461 e. The predicted octanol–water partition coefficient (Wildman–Crippen LogP) is 2.41. The first-order valence-electron chi connectivity index (χ1n) is 7.81. The molecule has 3 aromatic heterocycles. The standard InChI is InChI=1S/C16H20N4O3Si/c1-6-22-16(21)13-9-17-15-10(2)7-11(18-20(13)15)12-8-14(23-19-12)24(3,4)5/h7-9H,6H2,1-5H3. The summed E-state index contributed by atoms with van der Waals surface area (Å²) >= 11 is 0. The molecule has 8 heteroatoms. The first kappa shape index (κ1) is 16.4. The van der Waals surface area contributed by atoms with Crippen molar-refractivity contribution in [1.29, 1.82) is 0 Å². The van der Waals surface area contributed by atoms with Crippen LogP contribution in [0.3, 0.4) is 0 Å². The molecule has 3 aromatic rings. The molecular weight excluding hydrogens is 324 g/mol. The third-order valence-corrected chi connectivity index (χ3v) is 5.36. The molecule has 0 unspecified atom stereocenters. The largest absolute Gasteiger partial charge is 0.461 e. The van der Waals surface area contributed by atoms with Crippen molar-refractivity contribution in [2.24, 2.45) is 0 Å². The molecule has 0 spiro atoms. The van der Waals surface area contributed by atoms with Gasteiger partial charge in [-0.2, -0.15) is 5.10 Å². The number of nitrogens with zero attached hydrogens (tertiary/aromatic N) is 4. The summed E-state index contributed by atoms with van der Waals surface area (Å²) in [6.07, 6.45) is 1.48. The van der Waals surface area contributed by atoms with E-state index in [0.717, 1.165) is 10.9 Å². The van der Waals surface area contributed by atoms with Gasteiger partial charge in [0.1, 0.15) is 24.8 Å². The summed E-state index contributed by atoms with van der Waals surface area (Å²) in [6.45, 7) is 10.5. The lowest BCUT2D eigenvalue weighted by molar-refractivity contribution is 0.0517. The molecule has 0 saturated carbocycles. The molecule has 0 aromatic carbocycles. The van der Waals surface area contributed by atoms with Crippen molar-refractivity contribution < 1.29 is 14.1 Å². The van der Waals surface area contributed by atoms with Crippen molar-refractivity contribution in [3.63, 3.8) is 0 Å². The second kappa shape index (κ2) is 5.86. The quantitative estimate of drug-likeness (QED) is 0.534. The number of carbonyl (C=O) groups excluding carboxylic acids is 1. The maximum atomic E-state index is 12.1. The predicted molar refractivity (Wildman–Crippen MR) is 92.2 cm³/mol. The highest BCUT2D eigenvalue weighted by molar-refractivity contribution is 6.87. The van der Waals surface area contributed by atoms with Gasteiger partial charge in [-0.25, -0.2) is 14.3 Å². The van der Waals surface area contributed by atoms with Crippen molar-refractivity contribution in [3.8, 4) is 11.4 Å². The number of hydrogen-bond donors (Lipinski definition) is 0. The number of fused-ring (bicyclic) bond motifs is 1. The highest BCUT2D eigenvalue weighted by Crippen LogP contribution is 2.20. The summed E-state index contributed by atoms with van der Waals surface area (Å²) in [5, 5.41) is 9.57. The van der Waals surface area contributed by atoms with E-state index in [0.29, 0.717) is 29.3 Å².